The van der Waals surface area contributed by atoms with Crippen molar-refractivity contribution in [1.29, 1.82) is 0 Å². The van der Waals surface area contributed by atoms with Gasteiger partial charge in [-0.1, -0.05) is 47.5 Å². The van der Waals surface area contributed by atoms with E-state index in [-0.39, 0.29) is 54.6 Å². The van der Waals surface area contributed by atoms with Crippen LogP contribution < -0.4 is 5.32 Å². The van der Waals surface area contributed by atoms with Gasteiger partial charge in [0.1, 0.15) is 17.2 Å². The maximum Gasteiger partial charge on any atom is 0.355 e. The van der Waals surface area contributed by atoms with Gasteiger partial charge in [0.25, 0.3) is 0 Å². The average molecular weight is 625 g/mol. The molecule has 2 rings (SSSR count). The van der Waals surface area contributed by atoms with Crippen LogP contribution in [0.1, 0.15) is 115 Å². The number of carboxylic acids is 1. The first kappa shape index (κ1) is 36.6. The third-order valence-corrected chi connectivity index (χ3v) is 8.97. The van der Waals surface area contributed by atoms with Gasteiger partial charge in [-0.05, 0) is 58.5 Å². The van der Waals surface area contributed by atoms with Crippen LogP contribution >= 0.6 is 11.3 Å². The van der Waals surface area contributed by atoms with Crippen molar-refractivity contribution >= 4 is 35.1 Å². The van der Waals surface area contributed by atoms with Crippen LogP contribution in [0.4, 0.5) is 0 Å². The minimum Gasteiger partial charge on any atom is -0.476 e. The number of esters is 1. The number of amides is 2. The van der Waals surface area contributed by atoms with Crippen LogP contribution in [0, 0.1) is 11.8 Å². The van der Waals surface area contributed by atoms with Gasteiger partial charge in [-0.3, -0.25) is 19.3 Å². The Hall–Kier alpha value is -2.57. The fourth-order valence-electron chi connectivity index (χ4n) is 5.31. The molecule has 2 heterocycles. The van der Waals surface area contributed by atoms with Crippen LogP contribution in [-0.4, -0.2) is 88.2 Å². The number of piperidine rings is 1. The van der Waals surface area contributed by atoms with Crippen molar-refractivity contribution in [1.82, 2.24) is 20.1 Å². The van der Waals surface area contributed by atoms with Crippen molar-refractivity contribution in [3.8, 4) is 0 Å². The first-order chi connectivity index (χ1) is 20.3. The zero-order valence-corrected chi connectivity index (χ0v) is 27.9. The van der Waals surface area contributed by atoms with E-state index in [0.29, 0.717) is 24.3 Å². The summed E-state index contributed by atoms with van der Waals surface area (Å²) in [7, 11) is 1.93. The van der Waals surface area contributed by atoms with Crippen molar-refractivity contribution in [2.45, 2.75) is 124 Å². The van der Waals surface area contributed by atoms with Crippen molar-refractivity contribution in [3.63, 3.8) is 0 Å². The summed E-state index contributed by atoms with van der Waals surface area (Å²) in [5.41, 5.74) is -0.0629. The number of aromatic nitrogens is 1. The van der Waals surface area contributed by atoms with Gasteiger partial charge >= 0.3 is 11.9 Å². The molecule has 0 unspecified atom stereocenters. The van der Waals surface area contributed by atoms with Crippen LogP contribution in [-0.2, 0) is 23.9 Å². The molecule has 0 spiro atoms. The van der Waals surface area contributed by atoms with E-state index in [1.807, 2.05) is 60.4 Å². The van der Waals surface area contributed by atoms with Crippen molar-refractivity contribution in [2.24, 2.45) is 11.8 Å². The summed E-state index contributed by atoms with van der Waals surface area (Å²) in [5.74, 6) is -2.29. The number of carbonyl (C=O) groups excluding carboxylic acids is 3. The molecule has 5 atom stereocenters. The van der Waals surface area contributed by atoms with E-state index in [1.54, 1.807) is 4.90 Å². The first-order valence-electron chi connectivity index (χ1n) is 15.6. The van der Waals surface area contributed by atoms with Crippen molar-refractivity contribution < 1.29 is 33.8 Å². The van der Waals surface area contributed by atoms with Crippen LogP contribution in [0.5, 0.6) is 0 Å². The summed E-state index contributed by atoms with van der Waals surface area (Å²) in [6.07, 6.45) is 3.72. The Morgan fingerprint density at radius 1 is 1.16 bits per heavy atom. The molecule has 0 bridgehead atoms. The molecule has 1 aliphatic heterocycles. The highest BCUT2D eigenvalue weighted by Gasteiger charge is 2.39. The lowest BCUT2D eigenvalue weighted by atomic mass is 9.92. The Bertz CT molecular complexity index is 1060. The predicted molar refractivity (Wildman–Crippen MR) is 166 cm³/mol. The SMILES string of the molecule is CCCC(=O)OCN(C(=O)[C@@H](NC(=O)[C@H]1CCCCN1C)[C@@H](C)CC)[C@H](C[C@@H](OC(C)C)c1nc(C(=O)O)cs1)C(C)C. The number of carboxylic acid groups (broad SMARTS) is 1. The average Bonchev–Trinajstić information content (AvgIpc) is 3.45. The fraction of sp³-hybridized carbons (Fsp3) is 0.774. The molecule has 1 aromatic heterocycles. The number of carbonyl (C=O) groups is 4. The second-order valence-electron chi connectivity index (χ2n) is 12.2. The predicted octanol–water partition coefficient (Wildman–Crippen LogP) is 4.87. The molecule has 11 nitrogen and oxygen atoms in total. The smallest absolute Gasteiger partial charge is 0.355 e. The number of nitrogens with one attached hydrogen (secondary N) is 1. The molecular formula is C31H52N4O7S. The normalized spacial score (nSPS) is 18.6. The summed E-state index contributed by atoms with van der Waals surface area (Å²) in [6, 6.07) is -1.59. The zero-order chi connectivity index (χ0) is 32.3. The minimum atomic E-state index is -1.12. The summed E-state index contributed by atoms with van der Waals surface area (Å²) in [4.78, 5) is 59.9. The van der Waals surface area contributed by atoms with Crippen LogP contribution in [0.25, 0.3) is 0 Å². The largest absolute Gasteiger partial charge is 0.476 e. The fourth-order valence-corrected chi connectivity index (χ4v) is 6.15. The lowest BCUT2D eigenvalue weighted by Gasteiger charge is -2.40. The Kier molecular flexibility index (Phi) is 15.0. The second kappa shape index (κ2) is 17.7. The number of nitrogens with zero attached hydrogens (tertiary/aromatic N) is 3. The number of aromatic carboxylic acids is 1. The lowest BCUT2D eigenvalue weighted by Crippen LogP contribution is -2.59. The summed E-state index contributed by atoms with van der Waals surface area (Å²) in [6.45, 7) is 14.1. The molecule has 12 heteroatoms. The highest BCUT2D eigenvalue weighted by Crippen LogP contribution is 2.32. The molecule has 0 aromatic carbocycles. The highest BCUT2D eigenvalue weighted by atomic mass is 32.1. The Morgan fingerprint density at radius 2 is 1.86 bits per heavy atom. The Labute approximate surface area is 260 Å². The molecule has 2 N–H and O–H groups in total. The molecule has 1 aliphatic rings. The number of hydrogen-bond donors (Lipinski definition) is 2. The van der Waals surface area contributed by atoms with Gasteiger partial charge in [0.15, 0.2) is 12.4 Å². The molecule has 1 saturated heterocycles. The van der Waals surface area contributed by atoms with E-state index < -0.39 is 30.1 Å². The van der Waals surface area contributed by atoms with E-state index >= 15 is 0 Å². The molecular weight excluding hydrogens is 572 g/mol. The summed E-state index contributed by atoms with van der Waals surface area (Å²) >= 11 is 1.20. The number of thiazole rings is 1. The van der Waals surface area contributed by atoms with Crippen LogP contribution in [0.15, 0.2) is 5.38 Å². The number of likely N-dealkylation sites (tertiary alicyclic amines) is 1. The van der Waals surface area contributed by atoms with Gasteiger partial charge < -0.3 is 24.8 Å². The van der Waals surface area contributed by atoms with E-state index in [9.17, 15) is 24.3 Å². The molecule has 0 aliphatic carbocycles. The molecule has 0 radical (unpaired) electrons. The molecule has 1 aromatic rings. The molecule has 2 amide bonds. The Morgan fingerprint density at radius 3 is 2.40 bits per heavy atom. The van der Waals surface area contributed by atoms with Crippen LogP contribution in [0.3, 0.4) is 0 Å². The van der Waals surface area contributed by atoms with Gasteiger partial charge in [-0.15, -0.1) is 11.3 Å². The van der Waals surface area contributed by atoms with E-state index in [4.69, 9.17) is 9.47 Å². The van der Waals surface area contributed by atoms with Gasteiger partial charge in [0.05, 0.1) is 12.1 Å². The van der Waals surface area contributed by atoms with Crippen molar-refractivity contribution in [2.75, 3.05) is 20.3 Å². The van der Waals surface area contributed by atoms with Crippen LogP contribution in [0.2, 0.25) is 0 Å². The van der Waals surface area contributed by atoms with Gasteiger partial charge in [-0.25, -0.2) is 9.78 Å². The first-order valence-corrected chi connectivity index (χ1v) is 16.5. The number of ether oxygens (including phenoxy) is 2. The van der Waals surface area contributed by atoms with E-state index in [2.05, 4.69) is 10.3 Å². The third kappa shape index (κ3) is 10.8. The number of rotatable bonds is 17. The molecule has 1 fully saturated rings. The summed E-state index contributed by atoms with van der Waals surface area (Å²) in [5, 5.41) is 14.5. The quantitative estimate of drug-likeness (QED) is 0.184. The molecule has 0 saturated carbocycles. The van der Waals surface area contributed by atoms with Gasteiger partial charge in [0, 0.05) is 24.3 Å². The van der Waals surface area contributed by atoms with E-state index in [1.165, 1.54) is 16.7 Å². The monoisotopic (exact) mass is 624 g/mol. The minimum absolute atomic E-state index is 0.0629. The number of hydrogen-bond acceptors (Lipinski definition) is 9. The molecule has 244 valence electrons. The topological polar surface area (TPSA) is 138 Å². The number of likely N-dealkylation sites (N-methyl/N-ethyl adjacent to an activating group) is 1. The molecule has 43 heavy (non-hydrogen) atoms. The standard InChI is InChI=1S/C31H52N4O7S/c1-9-13-26(36)41-18-35(30(38)27(21(7)10-2)33-28(37)23-14-11-12-15-34(23)8)24(19(3)4)16-25(42-20(5)6)29-32-22(17-43-29)31(39)40/h17,19-21,23-25,27H,9-16,18H2,1-8H3,(H,33,37)(H,39,40)/t21-,23+,24+,25+,27-/m0/s1. The van der Waals surface area contributed by atoms with Gasteiger partial charge in [-0.2, -0.15) is 0 Å². The lowest BCUT2D eigenvalue weighted by molar-refractivity contribution is -0.160. The maximum absolute atomic E-state index is 14.5. The third-order valence-electron chi connectivity index (χ3n) is 8.03. The summed E-state index contributed by atoms with van der Waals surface area (Å²) < 4.78 is 11.8. The Balaban J connectivity index is 2.47. The maximum atomic E-state index is 14.5. The zero-order valence-electron chi connectivity index (χ0n) is 27.1. The van der Waals surface area contributed by atoms with Crippen molar-refractivity contribution in [3.05, 3.63) is 16.1 Å². The van der Waals surface area contributed by atoms with Gasteiger partial charge in [0.2, 0.25) is 11.8 Å². The highest BCUT2D eigenvalue weighted by molar-refractivity contribution is 7.09. The van der Waals surface area contributed by atoms with E-state index in [0.717, 1.165) is 25.8 Å². The second-order valence-corrected chi connectivity index (χ2v) is 13.1.